The Morgan fingerprint density at radius 3 is 2.62 bits per heavy atom. The van der Waals surface area contributed by atoms with E-state index in [0.29, 0.717) is 13.2 Å². The Hall–Kier alpha value is -0.120. The quantitative estimate of drug-likeness (QED) is 0.497. The summed E-state index contributed by atoms with van der Waals surface area (Å²) in [6.07, 6.45) is 0.120. The van der Waals surface area contributed by atoms with Crippen LogP contribution >= 0.6 is 0 Å². The molecule has 0 amide bonds. The Morgan fingerprint density at radius 2 is 2.38 bits per heavy atom. The molecule has 1 heterocycles. The van der Waals surface area contributed by atoms with Gasteiger partial charge in [0.05, 0.1) is 25.4 Å². The molecule has 0 unspecified atom stereocenters. The van der Waals surface area contributed by atoms with Gasteiger partial charge in [-0.2, -0.15) is 0 Å². The summed E-state index contributed by atoms with van der Waals surface area (Å²) in [4.78, 5) is 0. The van der Waals surface area contributed by atoms with Gasteiger partial charge in [-0.05, 0) is 0 Å². The van der Waals surface area contributed by atoms with Gasteiger partial charge in [0, 0.05) is 7.11 Å². The van der Waals surface area contributed by atoms with Crippen molar-refractivity contribution >= 4 is 0 Å². The summed E-state index contributed by atoms with van der Waals surface area (Å²) in [5.74, 6) is 0. The number of rotatable bonds is 1. The second-order valence-electron chi connectivity index (χ2n) is 1.98. The van der Waals surface area contributed by atoms with Crippen LogP contribution in [-0.2, 0) is 9.47 Å². The summed E-state index contributed by atoms with van der Waals surface area (Å²) >= 11 is 0. The van der Waals surface area contributed by atoms with E-state index in [4.69, 9.17) is 15.2 Å². The molecule has 1 saturated heterocycles. The predicted octanol–water partition coefficient (Wildman–Crippen LogP) is -0.641. The lowest BCUT2D eigenvalue weighted by Gasteiger charge is -2.08. The minimum absolute atomic E-state index is 0.0833. The van der Waals surface area contributed by atoms with Crippen molar-refractivity contribution in [1.29, 1.82) is 0 Å². The topological polar surface area (TPSA) is 44.5 Å². The second kappa shape index (κ2) is 2.44. The standard InChI is InChI=1S/C5H11NO2/c1-7-5-3-8-2-4(5)6/h4-5H,2-3,6H2,1H3/t4-,5-/m1/s1. The number of hydrogen-bond donors (Lipinski definition) is 1. The van der Waals surface area contributed by atoms with E-state index in [1.54, 1.807) is 7.11 Å². The highest BCUT2D eigenvalue weighted by Gasteiger charge is 2.23. The summed E-state index contributed by atoms with van der Waals surface area (Å²) < 4.78 is 9.98. The van der Waals surface area contributed by atoms with Crippen molar-refractivity contribution in [3.63, 3.8) is 0 Å². The van der Waals surface area contributed by atoms with Crippen LogP contribution in [0.25, 0.3) is 0 Å². The third-order valence-electron chi connectivity index (χ3n) is 1.37. The molecule has 3 nitrogen and oxygen atoms in total. The number of nitrogens with two attached hydrogens (primary N) is 1. The maximum atomic E-state index is 5.54. The zero-order chi connectivity index (χ0) is 5.98. The summed E-state index contributed by atoms with van der Waals surface area (Å²) in [6, 6.07) is 0.0833. The molecule has 0 radical (unpaired) electrons. The van der Waals surface area contributed by atoms with Gasteiger partial charge in [-0.15, -0.1) is 0 Å². The van der Waals surface area contributed by atoms with E-state index in [-0.39, 0.29) is 12.1 Å². The van der Waals surface area contributed by atoms with Crippen molar-refractivity contribution in [2.45, 2.75) is 12.1 Å². The molecular formula is C5H11NO2. The fourth-order valence-electron chi connectivity index (χ4n) is 0.794. The van der Waals surface area contributed by atoms with Gasteiger partial charge in [0.2, 0.25) is 0 Å². The maximum Gasteiger partial charge on any atom is 0.0977 e. The molecule has 48 valence electrons. The molecule has 1 aliphatic rings. The molecule has 3 heteroatoms. The minimum Gasteiger partial charge on any atom is -0.377 e. The van der Waals surface area contributed by atoms with E-state index in [9.17, 15) is 0 Å². The molecule has 0 aromatic heterocycles. The third-order valence-corrected chi connectivity index (χ3v) is 1.37. The van der Waals surface area contributed by atoms with E-state index >= 15 is 0 Å². The van der Waals surface area contributed by atoms with Crippen molar-refractivity contribution in [2.75, 3.05) is 20.3 Å². The zero-order valence-corrected chi connectivity index (χ0v) is 4.96. The van der Waals surface area contributed by atoms with Gasteiger partial charge in [-0.3, -0.25) is 0 Å². The normalized spacial score (nSPS) is 38.2. The first-order chi connectivity index (χ1) is 3.84. The van der Waals surface area contributed by atoms with E-state index < -0.39 is 0 Å². The molecule has 2 N–H and O–H groups in total. The number of methoxy groups -OCH3 is 1. The minimum atomic E-state index is 0.0833. The van der Waals surface area contributed by atoms with Crippen LogP contribution in [0.2, 0.25) is 0 Å². The SMILES string of the molecule is CO[C@@H]1COC[C@H]1N. The molecule has 0 aromatic rings. The average Bonchev–Trinajstić information content (AvgIpc) is 2.14. The van der Waals surface area contributed by atoms with Gasteiger partial charge in [-0.25, -0.2) is 0 Å². The largest absolute Gasteiger partial charge is 0.377 e. The number of ether oxygens (including phenoxy) is 2. The summed E-state index contributed by atoms with van der Waals surface area (Å²) in [6.45, 7) is 1.29. The van der Waals surface area contributed by atoms with Gasteiger partial charge in [-0.1, -0.05) is 0 Å². The Kier molecular flexibility index (Phi) is 1.83. The predicted molar refractivity (Wildman–Crippen MR) is 29.6 cm³/mol. The molecule has 8 heavy (non-hydrogen) atoms. The van der Waals surface area contributed by atoms with Crippen molar-refractivity contribution in [3.05, 3.63) is 0 Å². The smallest absolute Gasteiger partial charge is 0.0977 e. The maximum absolute atomic E-state index is 5.54. The van der Waals surface area contributed by atoms with Gasteiger partial charge < -0.3 is 15.2 Å². The average molecular weight is 117 g/mol. The summed E-state index contributed by atoms with van der Waals surface area (Å²) in [5.41, 5.74) is 5.54. The zero-order valence-electron chi connectivity index (χ0n) is 4.96. The first kappa shape index (κ1) is 6.01. The molecule has 1 rings (SSSR count). The first-order valence-electron chi connectivity index (χ1n) is 2.70. The molecule has 1 aliphatic heterocycles. The van der Waals surface area contributed by atoms with Crippen molar-refractivity contribution in [3.8, 4) is 0 Å². The molecule has 0 aliphatic carbocycles. The lowest BCUT2D eigenvalue weighted by atomic mass is 10.2. The van der Waals surface area contributed by atoms with E-state index in [0.717, 1.165) is 0 Å². The van der Waals surface area contributed by atoms with E-state index in [1.807, 2.05) is 0 Å². The first-order valence-corrected chi connectivity index (χ1v) is 2.70. The van der Waals surface area contributed by atoms with Gasteiger partial charge in [0.25, 0.3) is 0 Å². The van der Waals surface area contributed by atoms with Crippen LogP contribution in [0, 0.1) is 0 Å². The molecule has 0 bridgehead atoms. The van der Waals surface area contributed by atoms with Crippen LogP contribution in [0.5, 0.6) is 0 Å². The third kappa shape index (κ3) is 0.992. The Bertz CT molecular complexity index is 76.8. The summed E-state index contributed by atoms with van der Waals surface area (Å²) in [7, 11) is 1.65. The van der Waals surface area contributed by atoms with Crippen LogP contribution in [0.4, 0.5) is 0 Å². The number of hydrogen-bond acceptors (Lipinski definition) is 3. The summed E-state index contributed by atoms with van der Waals surface area (Å²) in [5, 5.41) is 0. The Balaban J connectivity index is 2.30. The van der Waals surface area contributed by atoms with Crippen LogP contribution in [0.1, 0.15) is 0 Å². The van der Waals surface area contributed by atoms with Crippen molar-refractivity contribution < 1.29 is 9.47 Å². The van der Waals surface area contributed by atoms with Gasteiger partial charge in [0.15, 0.2) is 0 Å². The van der Waals surface area contributed by atoms with E-state index in [2.05, 4.69) is 0 Å². The monoisotopic (exact) mass is 117 g/mol. The van der Waals surface area contributed by atoms with Gasteiger partial charge >= 0.3 is 0 Å². The van der Waals surface area contributed by atoms with Crippen molar-refractivity contribution in [1.82, 2.24) is 0 Å². The fraction of sp³-hybridized carbons (Fsp3) is 1.00. The van der Waals surface area contributed by atoms with Crippen LogP contribution in [0.3, 0.4) is 0 Å². The highest BCUT2D eigenvalue weighted by molar-refractivity contribution is 4.77. The molecular weight excluding hydrogens is 106 g/mol. The van der Waals surface area contributed by atoms with E-state index in [1.165, 1.54) is 0 Å². The second-order valence-corrected chi connectivity index (χ2v) is 1.98. The Labute approximate surface area is 48.8 Å². The van der Waals surface area contributed by atoms with Gasteiger partial charge in [0.1, 0.15) is 0 Å². The molecule has 0 spiro atoms. The molecule has 1 fully saturated rings. The molecule has 2 atom stereocenters. The Morgan fingerprint density at radius 1 is 1.62 bits per heavy atom. The lowest BCUT2D eigenvalue weighted by molar-refractivity contribution is 0.0777. The van der Waals surface area contributed by atoms with Crippen LogP contribution < -0.4 is 5.73 Å². The van der Waals surface area contributed by atoms with Crippen LogP contribution in [0.15, 0.2) is 0 Å². The highest BCUT2D eigenvalue weighted by Crippen LogP contribution is 2.04. The van der Waals surface area contributed by atoms with Crippen molar-refractivity contribution in [2.24, 2.45) is 5.73 Å². The fourth-order valence-corrected chi connectivity index (χ4v) is 0.794. The highest BCUT2D eigenvalue weighted by atomic mass is 16.5. The lowest BCUT2D eigenvalue weighted by Crippen LogP contribution is -2.34. The van der Waals surface area contributed by atoms with Crippen LogP contribution in [-0.4, -0.2) is 32.5 Å². The molecule has 0 saturated carbocycles. The molecule has 0 aromatic carbocycles.